The molecule has 4 aliphatic rings. The quantitative estimate of drug-likeness (QED) is 0.162. The van der Waals surface area contributed by atoms with Crippen molar-refractivity contribution in [1.82, 2.24) is 0 Å². The molecule has 7 rings (SSSR count). The van der Waals surface area contributed by atoms with Gasteiger partial charge in [0.15, 0.2) is 0 Å². The monoisotopic (exact) mass is 634 g/mol. The summed E-state index contributed by atoms with van der Waals surface area (Å²) in [6.45, 7) is 0.341. The highest BCUT2D eigenvalue weighted by Crippen LogP contribution is 2.56. The van der Waals surface area contributed by atoms with Crippen LogP contribution < -0.4 is 27.0 Å². The summed E-state index contributed by atoms with van der Waals surface area (Å²) < 4.78 is 0. The summed E-state index contributed by atoms with van der Waals surface area (Å²) in [6.07, 6.45) is 29.2. The molecule has 0 bridgehead atoms. The van der Waals surface area contributed by atoms with Gasteiger partial charge in [-0.3, -0.25) is 0 Å². The van der Waals surface area contributed by atoms with Gasteiger partial charge in [-0.15, -0.1) is 0 Å². The lowest BCUT2D eigenvalue weighted by atomic mass is 9.37. The molecule has 0 aromatic heterocycles. The fraction of sp³-hybridized carbons (Fsp3) is 0.571. The number of rotatable bonds is 9. The van der Waals surface area contributed by atoms with Gasteiger partial charge in [-0.2, -0.15) is 0 Å². The van der Waals surface area contributed by atoms with Crippen LogP contribution >= 0.6 is 15.8 Å². The van der Waals surface area contributed by atoms with E-state index in [1.807, 2.05) is 0 Å². The van der Waals surface area contributed by atoms with Crippen molar-refractivity contribution in [3.05, 3.63) is 78.9 Å². The average molecular weight is 635 g/mol. The fourth-order valence-corrected chi connectivity index (χ4v) is 17.9. The molecule has 0 amide bonds. The highest BCUT2D eigenvalue weighted by molar-refractivity contribution is 7.68. The zero-order chi connectivity index (χ0) is 30.3. The van der Waals surface area contributed by atoms with E-state index in [1.54, 1.807) is 21.5 Å². The van der Waals surface area contributed by atoms with Crippen LogP contribution in [0.15, 0.2) is 78.9 Å². The summed E-state index contributed by atoms with van der Waals surface area (Å²) >= 11 is 0. The molecule has 0 nitrogen and oxygen atoms in total. The Morgan fingerprint density at radius 3 is 1.02 bits per heavy atom. The van der Waals surface area contributed by atoms with E-state index in [1.165, 1.54) is 134 Å². The van der Waals surface area contributed by atoms with E-state index in [9.17, 15) is 0 Å². The molecule has 3 aromatic rings. The fourth-order valence-electron chi connectivity index (χ4n) is 9.93. The van der Waals surface area contributed by atoms with Crippen LogP contribution in [0.3, 0.4) is 0 Å². The lowest BCUT2D eigenvalue weighted by molar-refractivity contribution is 0.487. The largest absolute Gasteiger partial charge is 0.242 e. The molecule has 3 aromatic carbocycles. The first-order valence-electron chi connectivity index (χ1n) is 19.2. The minimum absolute atomic E-state index is 0.170. The van der Waals surface area contributed by atoms with E-state index in [0.717, 1.165) is 22.6 Å². The smallest absolute Gasteiger partial charge is 0.0695 e. The van der Waals surface area contributed by atoms with Gasteiger partial charge >= 0.3 is 0 Å². The second-order valence-electron chi connectivity index (χ2n) is 14.9. The standard InChI is InChI=1S/C42H57BP2/c1-6-20-34(21-7-1)43(39-30-16-18-32-41(39)44(35-22-8-2-9-23-35)36-24-10-3-11-25-36)40-31-17-19-33-42(40)45(37-26-12-4-13-27-37)38-28-14-5-15-29-38/h1,6-7,16-21,30-33,35-38H,2-5,8-15,22-29H2. The molecule has 238 valence electrons. The van der Waals surface area contributed by atoms with Gasteiger partial charge in [0.2, 0.25) is 6.71 Å². The average Bonchev–Trinajstić information content (AvgIpc) is 3.12. The van der Waals surface area contributed by atoms with Gasteiger partial charge in [-0.1, -0.05) is 188 Å². The molecule has 0 unspecified atom stereocenters. The molecule has 45 heavy (non-hydrogen) atoms. The molecule has 0 saturated heterocycles. The number of hydrogen-bond donors (Lipinski definition) is 0. The van der Waals surface area contributed by atoms with Gasteiger partial charge in [0.25, 0.3) is 0 Å². The summed E-state index contributed by atoms with van der Waals surface area (Å²) in [6, 6.07) is 31.8. The summed E-state index contributed by atoms with van der Waals surface area (Å²) in [4.78, 5) is 0. The van der Waals surface area contributed by atoms with E-state index in [4.69, 9.17) is 0 Å². The maximum Gasteiger partial charge on any atom is 0.242 e. The van der Waals surface area contributed by atoms with E-state index >= 15 is 0 Å². The third-order valence-corrected chi connectivity index (χ3v) is 19.2. The Balaban J connectivity index is 1.37. The van der Waals surface area contributed by atoms with Crippen LogP contribution in [-0.2, 0) is 0 Å². The van der Waals surface area contributed by atoms with Gasteiger partial charge in [-0.25, -0.2) is 0 Å². The maximum absolute atomic E-state index is 2.63. The van der Waals surface area contributed by atoms with Gasteiger partial charge in [-0.05, 0) is 84.6 Å². The van der Waals surface area contributed by atoms with Crippen molar-refractivity contribution in [3.63, 3.8) is 0 Å². The molecule has 0 N–H and O–H groups in total. The third kappa shape index (κ3) is 7.52. The molecule has 0 aliphatic heterocycles. The first kappa shape index (κ1) is 32.1. The van der Waals surface area contributed by atoms with Crippen LogP contribution in [0.1, 0.15) is 128 Å². The number of hydrogen-bond acceptors (Lipinski definition) is 0. The van der Waals surface area contributed by atoms with Crippen LogP contribution in [0.2, 0.25) is 0 Å². The molecular weight excluding hydrogens is 577 g/mol. The molecule has 4 saturated carbocycles. The highest BCUT2D eigenvalue weighted by atomic mass is 31.1. The molecule has 0 radical (unpaired) electrons. The van der Waals surface area contributed by atoms with Gasteiger partial charge in [0.1, 0.15) is 0 Å². The van der Waals surface area contributed by atoms with Crippen molar-refractivity contribution < 1.29 is 0 Å². The normalized spacial score (nSPS) is 21.4. The van der Waals surface area contributed by atoms with Crippen molar-refractivity contribution in [3.8, 4) is 0 Å². The van der Waals surface area contributed by atoms with Crippen LogP contribution in [0.4, 0.5) is 0 Å². The van der Waals surface area contributed by atoms with Crippen LogP contribution in [0.5, 0.6) is 0 Å². The lowest BCUT2D eigenvalue weighted by Crippen LogP contribution is -2.60. The van der Waals surface area contributed by atoms with Crippen LogP contribution in [-0.4, -0.2) is 29.3 Å². The second kappa shape index (κ2) is 16.1. The van der Waals surface area contributed by atoms with Gasteiger partial charge in [0, 0.05) is 0 Å². The predicted molar refractivity (Wildman–Crippen MR) is 205 cm³/mol. The Hall–Kier alpha value is -1.42. The van der Waals surface area contributed by atoms with Crippen molar-refractivity contribution in [1.29, 1.82) is 0 Å². The van der Waals surface area contributed by atoms with Crippen molar-refractivity contribution in [2.24, 2.45) is 0 Å². The van der Waals surface area contributed by atoms with Gasteiger partial charge < -0.3 is 0 Å². The Morgan fingerprint density at radius 2 is 0.667 bits per heavy atom. The maximum atomic E-state index is 2.63. The van der Waals surface area contributed by atoms with Crippen molar-refractivity contribution >= 4 is 49.6 Å². The molecule has 0 spiro atoms. The third-order valence-electron chi connectivity index (χ3n) is 12.1. The Kier molecular flexibility index (Phi) is 11.5. The Labute approximate surface area is 278 Å². The zero-order valence-electron chi connectivity index (χ0n) is 27.9. The van der Waals surface area contributed by atoms with Crippen LogP contribution in [0.25, 0.3) is 0 Å². The summed E-state index contributed by atoms with van der Waals surface area (Å²) in [5.41, 5.74) is 8.54. The van der Waals surface area contributed by atoms with E-state index in [2.05, 4.69) is 78.9 Å². The van der Waals surface area contributed by atoms with Crippen LogP contribution in [0, 0.1) is 0 Å². The Morgan fingerprint density at radius 1 is 0.356 bits per heavy atom. The SMILES string of the molecule is c1ccc(B(c2ccccc2P(C2CCCCC2)C2CCCCC2)c2ccccc2P(C2CCCCC2)C2CCCCC2)cc1. The van der Waals surface area contributed by atoms with E-state index in [0.29, 0.717) is 6.71 Å². The van der Waals surface area contributed by atoms with E-state index < -0.39 is 0 Å². The summed E-state index contributed by atoms with van der Waals surface area (Å²) in [5.74, 6) is 0. The van der Waals surface area contributed by atoms with Gasteiger partial charge in [0.05, 0.1) is 0 Å². The first-order chi connectivity index (χ1) is 22.4. The molecule has 0 heterocycles. The molecule has 3 heteroatoms. The first-order valence-corrected chi connectivity index (χ1v) is 22.1. The predicted octanol–water partition coefficient (Wildman–Crippen LogP) is 9.75. The molecular formula is C42H57BP2. The molecule has 0 atom stereocenters. The minimum Gasteiger partial charge on any atom is -0.0695 e. The highest BCUT2D eigenvalue weighted by Gasteiger charge is 2.39. The Bertz CT molecular complexity index is 1200. The van der Waals surface area contributed by atoms with Crippen molar-refractivity contribution in [2.75, 3.05) is 0 Å². The zero-order valence-corrected chi connectivity index (χ0v) is 29.7. The topological polar surface area (TPSA) is 0 Å². The van der Waals surface area contributed by atoms with Crippen molar-refractivity contribution in [2.45, 2.75) is 151 Å². The van der Waals surface area contributed by atoms with E-state index in [-0.39, 0.29) is 15.8 Å². The molecule has 4 aliphatic carbocycles. The second-order valence-corrected chi connectivity index (χ2v) is 20.5. The summed E-state index contributed by atoms with van der Waals surface area (Å²) in [5, 5.41) is 3.57. The molecule has 4 fully saturated rings. The number of benzene rings is 3. The summed E-state index contributed by atoms with van der Waals surface area (Å²) in [7, 11) is -0.340. The minimum atomic E-state index is -0.170. The lowest BCUT2D eigenvalue weighted by Gasteiger charge is -2.41.